The Morgan fingerprint density at radius 3 is 2.33 bits per heavy atom. The van der Waals surface area contributed by atoms with Crippen molar-refractivity contribution in [2.45, 2.75) is 69.9 Å². The monoisotopic (exact) mass is 256 g/mol. The molecule has 1 saturated carbocycles. The first-order valence-corrected chi connectivity index (χ1v) is 6.65. The molecular weight excluding hydrogens is 232 g/mol. The van der Waals surface area contributed by atoms with Crippen molar-refractivity contribution in [3.63, 3.8) is 0 Å². The molecule has 5 nitrogen and oxygen atoms in total. The Morgan fingerprint density at radius 2 is 1.89 bits per heavy atom. The average Bonchev–Trinajstić information content (AvgIpc) is 2.28. The molecule has 0 bridgehead atoms. The molecule has 4 N–H and O–H groups in total. The fourth-order valence-electron chi connectivity index (χ4n) is 2.40. The fourth-order valence-corrected chi connectivity index (χ4v) is 2.40. The molecule has 0 radical (unpaired) electrons. The summed E-state index contributed by atoms with van der Waals surface area (Å²) >= 11 is 0. The van der Waals surface area contributed by atoms with Crippen molar-refractivity contribution in [2.24, 2.45) is 5.73 Å². The van der Waals surface area contributed by atoms with Crippen LogP contribution >= 0.6 is 0 Å². The van der Waals surface area contributed by atoms with Crippen LogP contribution in [0.25, 0.3) is 0 Å². The van der Waals surface area contributed by atoms with Crippen molar-refractivity contribution in [3.05, 3.63) is 0 Å². The summed E-state index contributed by atoms with van der Waals surface area (Å²) in [5.74, 6) is -1.26. The van der Waals surface area contributed by atoms with Gasteiger partial charge in [0.05, 0.1) is 0 Å². The molecule has 5 heteroatoms. The number of hydrogen-bond donors (Lipinski definition) is 3. The molecule has 1 atom stereocenters. The molecule has 1 aliphatic rings. The normalized spacial score (nSPS) is 21.9. The number of aliphatic carboxylic acids is 1. The summed E-state index contributed by atoms with van der Waals surface area (Å²) in [7, 11) is 0. The topological polar surface area (TPSA) is 92.4 Å². The molecule has 1 fully saturated rings. The van der Waals surface area contributed by atoms with Gasteiger partial charge in [-0.25, -0.2) is 4.79 Å². The van der Waals surface area contributed by atoms with E-state index in [1.807, 2.05) is 0 Å². The lowest BCUT2D eigenvalue weighted by atomic mass is 9.80. The number of rotatable bonds is 5. The van der Waals surface area contributed by atoms with E-state index < -0.39 is 17.0 Å². The largest absolute Gasteiger partial charge is 0.480 e. The third-order valence-corrected chi connectivity index (χ3v) is 3.96. The number of carbonyl (C=O) groups excluding carboxylic acids is 1. The van der Waals surface area contributed by atoms with Crippen LogP contribution in [0.1, 0.15) is 58.8 Å². The fraction of sp³-hybridized carbons (Fsp3) is 0.846. The summed E-state index contributed by atoms with van der Waals surface area (Å²) in [6.07, 6.45) is 5.53. The summed E-state index contributed by atoms with van der Waals surface area (Å²) in [5, 5.41) is 11.7. The second kappa shape index (κ2) is 5.69. The van der Waals surface area contributed by atoms with E-state index in [2.05, 4.69) is 5.32 Å². The number of nitrogens with two attached hydrogens (primary N) is 1. The second-order valence-electron chi connectivity index (χ2n) is 5.64. The van der Waals surface area contributed by atoms with Crippen LogP contribution in [0.5, 0.6) is 0 Å². The molecule has 0 saturated heterocycles. The van der Waals surface area contributed by atoms with Crippen molar-refractivity contribution >= 4 is 11.9 Å². The van der Waals surface area contributed by atoms with Gasteiger partial charge in [-0.05, 0) is 26.2 Å². The maximum absolute atomic E-state index is 11.9. The van der Waals surface area contributed by atoms with E-state index in [4.69, 9.17) is 10.8 Å². The molecule has 0 aromatic heterocycles. The number of carboxylic acid groups (broad SMARTS) is 1. The predicted octanol–water partition coefficient (Wildman–Crippen LogP) is 1.41. The van der Waals surface area contributed by atoms with Crippen LogP contribution in [0.3, 0.4) is 0 Å². The summed E-state index contributed by atoms with van der Waals surface area (Å²) in [4.78, 5) is 23.1. The van der Waals surface area contributed by atoms with Gasteiger partial charge in [-0.1, -0.05) is 26.2 Å². The minimum Gasteiger partial charge on any atom is -0.480 e. The number of hydrogen-bond acceptors (Lipinski definition) is 3. The van der Waals surface area contributed by atoms with Crippen LogP contribution in [0.15, 0.2) is 0 Å². The molecule has 1 amide bonds. The summed E-state index contributed by atoms with van der Waals surface area (Å²) in [6.45, 7) is 3.27. The number of amides is 1. The first-order valence-electron chi connectivity index (χ1n) is 6.65. The van der Waals surface area contributed by atoms with Gasteiger partial charge in [0, 0.05) is 12.0 Å². The highest BCUT2D eigenvalue weighted by molar-refractivity contribution is 5.87. The standard InChI is InChI=1S/C13H24N2O3/c1-3-12(2,11(17)18)15-10(16)9-13(14)7-5-4-6-8-13/h3-9,14H2,1-2H3,(H,15,16)(H,17,18). The zero-order valence-corrected chi connectivity index (χ0v) is 11.3. The number of nitrogens with one attached hydrogen (secondary N) is 1. The van der Waals surface area contributed by atoms with Crippen molar-refractivity contribution in [1.29, 1.82) is 0 Å². The molecular formula is C13H24N2O3. The summed E-state index contributed by atoms with van der Waals surface area (Å²) in [5.41, 5.74) is 4.55. The van der Waals surface area contributed by atoms with Crippen molar-refractivity contribution < 1.29 is 14.7 Å². The average molecular weight is 256 g/mol. The summed E-state index contributed by atoms with van der Waals surface area (Å²) in [6, 6.07) is 0. The molecule has 0 aromatic rings. The smallest absolute Gasteiger partial charge is 0.329 e. The highest BCUT2D eigenvalue weighted by atomic mass is 16.4. The maximum Gasteiger partial charge on any atom is 0.329 e. The van der Waals surface area contributed by atoms with E-state index in [0.29, 0.717) is 6.42 Å². The molecule has 0 heterocycles. The van der Waals surface area contributed by atoms with Crippen molar-refractivity contribution in [3.8, 4) is 0 Å². The minimum absolute atomic E-state index is 0.218. The van der Waals surface area contributed by atoms with Gasteiger partial charge in [-0.15, -0.1) is 0 Å². The van der Waals surface area contributed by atoms with Crippen molar-refractivity contribution in [1.82, 2.24) is 5.32 Å². The molecule has 0 aliphatic heterocycles. The molecule has 0 spiro atoms. The quantitative estimate of drug-likeness (QED) is 0.693. The van der Waals surface area contributed by atoms with Crippen LogP contribution in [0.2, 0.25) is 0 Å². The Hall–Kier alpha value is -1.10. The second-order valence-corrected chi connectivity index (χ2v) is 5.64. The van der Waals surface area contributed by atoms with E-state index in [1.165, 1.54) is 13.3 Å². The zero-order valence-electron chi connectivity index (χ0n) is 11.3. The maximum atomic E-state index is 11.9. The Morgan fingerprint density at radius 1 is 1.33 bits per heavy atom. The Labute approximate surface area is 108 Å². The summed E-state index contributed by atoms with van der Waals surface area (Å²) < 4.78 is 0. The van der Waals surface area contributed by atoms with Gasteiger partial charge in [-0.3, -0.25) is 4.79 Å². The first-order chi connectivity index (χ1) is 8.31. The molecule has 18 heavy (non-hydrogen) atoms. The third-order valence-electron chi connectivity index (χ3n) is 3.96. The lowest BCUT2D eigenvalue weighted by molar-refractivity contribution is -0.147. The number of carboxylic acids is 1. The van der Waals surface area contributed by atoms with E-state index in [1.54, 1.807) is 6.92 Å². The first kappa shape index (κ1) is 15.0. The Kier molecular flexibility index (Phi) is 4.73. The van der Waals surface area contributed by atoms with Gasteiger partial charge in [0.15, 0.2) is 0 Å². The van der Waals surface area contributed by atoms with E-state index >= 15 is 0 Å². The SMILES string of the molecule is CCC(C)(NC(=O)CC1(N)CCCCC1)C(=O)O. The Bertz CT molecular complexity index is 324. The van der Waals surface area contributed by atoms with E-state index in [0.717, 1.165) is 25.7 Å². The predicted molar refractivity (Wildman–Crippen MR) is 69.1 cm³/mol. The van der Waals surface area contributed by atoms with Gasteiger partial charge in [-0.2, -0.15) is 0 Å². The molecule has 104 valence electrons. The minimum atomic E-state index is -1.19. The van der Waals surface area contributed by atoms with E-state index in [9.17, 15) is 9.59 Å². The molecule has 0 aromatic carbocycles. The third kappa shape index (κ3) is 3.70. The lowest BCUT2D eigenvalue weighted by Crippen LogP contribution is -2.54. The van der Waals surface area contributed by atoms with Crippen LogP contribution in [-0.2, 0) is 9.59 Å². The van der Waals surface area contributed by atoms with Crippen LogP contribution < -0.4 is 11.1 Å². The van der Waals surface area contributed by atoms with Gasteiger partial charge in [0.25, 0.3) is 0 Å². The van der Waals surface area contributed by atoms with Gasteiger partial charge in [0.1, 0.15) is 5.54 Å². The van der Waals surface area contributed by atoms with Gasteiger partial charge < -0.3 is 16.2 Å². The highest BCUT2D eigenvalue weighted by Gasteiger charge is 2.36. The molecule has 1 unspecified atom stereocenters. The highest BCUT2D eigenvalue weighted by Crippen LogP contribution is 2.28. The zero-order chi connectivity index (χ0) is 13.8. The Balaban J connectivity index is 2.57. The van der Waals surface area contributed by atoms with Crippen LogP contribution in [0, 0.1) is 0 Å². The molecule has 1 aliphatic carbocycles. The van der Waals surface area contributed by atoms with E-state index in [-0.39, 0.29) is 12.3 Å². The van der Waals surface area contributed by atoms with Crippen LogP contribution in [-0.4, -0.2) is 28.1 Å². The van der Waals surface area contributed by atoms with Crippen LogP contribution in [0.4, 0.5) is 0 Å². The van der Waals surface area contributed by atoms with Gasteiger partial charge >= 0.3 is 5.97 Å². The lowest BCUT2D eigenvalue weighted by Gasteiger charge is -2.34. The van der Waals surface area contributed by atoms with Gasteiger partial charge in [0.2, 0.25) is 5.91 Å². The number of carbonyl (C=O) groups is 2. The molecule has 1 rings (SSSR count). The van der Waals surface area contributed by atoms with Crippen molar-refractivity contribution in [2.75, 3.05) is 0 Å².